The number of aldehydes is 1. The second-order valence-electron chi connectivity index (χ2n) is 2.83. The van der Waals surface area contributed by atoms with Crippen LogP contribution in [0, 0.1) is 0 Å². The lowest BCUT2D eigenvalue weighted by atomic mass is 10.2. The van der Waals surface area contributed by atoms with Gasteiger partial charge in [0.2, 0.25) is 5.78 Å². The molecule has 0 saturated carbocycles. The summed E-state index contributed by atoms with van der Waals surface area (Å²) in [6, 6.07) is 1.52. The van der Waals surface area contributed by atoms with E-state index in [4.69, 9.17) is 0 Å². The maximum absolute atomic E-state index is 11.3. The van der Waals surface area contributed by atoms with Crippen LogP contribution in [0.3, 0.4) is 0 Å². The van der Waals surface area contributed by atoms with E-state index < -0.39 is 6.23 Å². The molecule has 1 N–H and O–H groups in total. The van der Waals surface area contributed by atoms with Crippen molar-refractivity contribution in [3.8, 4) is 0 Å². The van der Waals surface area contributed by atoms with Gasteiger partial charge in [0.25, 0.3) is 0 Å². The molecule has 0 radical (unpaired) electrons. The van der Waals surface area contributed by atoms with Crippen LogP contribution in [0.4, 0.5) is 5.00 Å². The molecule has 1 aliphatic rings. The molecule has 2 rings (SSSR count). The number of aliphatic hydroxyl groups excluding tert-OH is 1. The smallest absolute Gasteiger partial charge is 0.215 e. The molecule has 1 aliphatic heterocycles. The van der Waals surface area contributed by atoms with Gasteiger partial charge in [0.05, 0.1) is 10.4 Å². The number of thiophene rings is 1. The van der Waals surface area contributed by atoms with Gasteiger partial charge in [-0.15, -0.1) is 11.3 Å². The summed E-state index contributed by atoms with van der Waals surface area (Å²) in [6.07, 6.45) is -0.377. The van der Waals surface area contributed by atoms with Gasteiger partial charge in [-0.05, 0) is 6.07 Å². The van der Waals surface area contributed by atoms with Crippen LogP contribution in [0.15, 0.2) is 6.07 Å². The molecule has 1 aromatic heterocycles. The van der Waals surface area contributed by atoms with Crippen molar-refractivity contribution in [3.05, 3.63) is 16.5 Å². The van der Waals surface area contributed by atoms with Crippen LogP contribution in [0.25, 0.3) is 0 Å². The van der Waals surface area contributed by atoms with Crippen molar-refractivity contribution in [1.29, 1.82) is 0 Å². The average Bonchev–Trinajstić information content (AvgIpc) is 2.64. The molecule has 1 unspecified atom stereocenters. The molecule has 0 spiro atoms. The van der Waals surface area contributed by atoms with Crippen LogP contribution in [-0.4, -0.2) is 30.5 Å². The summed E-state index contributed by atoms with van der Waals surface area (Å²) in [4.78, 5) is 23.7. The highest BCUT2D eigenvalue weighted by molar-refractivity contribution is 7.18. The normalized spacial score (nSPS) is 20.6. The van der Waals surface area contributed by atoms with Gasteiger partial charge in [0, 0.05) is 7.05 Å². The predicted octanol–water partition coefficient (Wildman–Crippen LogP) is 0.512. The lowest BCUT2D eigenvalue weighted by Crippen LogP contribution is -2.31. The lowest BCUT2D eigenvalue weighted by Gasteiger charge is -2.13. The van der Waals surface area contributed by atoms with Gasteiger partial charge >= 0.3 is 0 Å². The Morgan fingerprint density at radius 3 is 2.92 bits per heavy atom. The third-order valence-corrected chi connectivity index (χ3v) is 3.19. The quantitative estimate of drug-likeness (QED) is 0.666. The highest BCUT2D eigenvalue weighted by atomic mass is 32.1. The Hall–Kier alpha value is -1.20. The molecule has 0 amide bonds. The Kier molecular flexibility index (Phi) is 1.71. The van der Waals surface area contributed by atoms with Crippen molar-refractivity contribution < 1.29 is 14.7 Å². The first-order valence-electron chi connectivity index (χ1n) is 3.69. The number of aliphatic hydroxyl groups is 1. The summed E-state index contributed by atoms with van der Waals surface area (Å²) in [5.41, 5.74) is 0.446. The van der Waals surface area contributed by atoms with Crippen molar-refractivity contribution in [2.75, 3.05) is 11.9 Å². The van der Waals surface area contributed by atoms with E-state index in [0.29, 0.717) is 21.7 Å². The van der Waals surface area contributed by atoms with Gasteiger partial charge in [-0.2, -0.15) is 0 Å². The molecule has 13 heavy (non-hydrogen) atoms. The first-order chi connectivity index (χ1) is 6.15. The van der Waals surface area contributed by atoms with Gasteiger partial charge in [-0.25, -0.2) is 0 Å². The number of anilines is 1. The zero-order valence-corrected chi connectivity index (χ0v) is 7.67. The highest BCUT2D eigenvalue weighted by Crippen LogP contribution is 2.37. The summed E-state index contributed by atoms with van der Waals surface area (Å²) in [5, 5.41) is 10.0. The summed E-state index contributed by atoms with van der Waals surface area (Å²) < 4.78 is 0. The van der Waals surface area contributed by atoms with Gasteiger partial charge < -0.3 is 10.0 Å². The second kappa shape index (κ2) is 2.65. The van der Waals surface area contributed by atoms with Crippen molar-refractivity contribution in [3.63, 3.8) is 0 Å². The number of hydrogen-bond donors (Lipinski definition) is 1. The molecule has 0 saturated heterocycles. The highest BCUT2D eigenvalue weighted by Gasteiger charge is 2.35. The minimum absolute atomic E-state index is 0.332. The van der Waals surface area contributed by atoms with Crippen molar-refractivity contribution in [2.45, 2.75) is 6.23 Å². The Labute approximate surface area is 78.4 Å². The van der Waals surface area contributed by atoms with Crippen LogP contribution < -0.4 is 4.90 Å². The van der Waals surface area contributed by atoms with E-state index in [1.165, 1.54) is 22.3 Å². The van der Waals surface area contributed by atoms with E-state index in [-0.39, 0.29) is 5.78 Å². The van der Waals surface area contributed by atoms with E-state index in [0.717, 1.165) is 0 Å². The van der Waals surface area contributed by atoms with Crippen molar-refractivity contribution >= 4 is 28.4 Å². The molecule has 4 nitrogen and oxygen atoms in total. The van der Waals surface area contributed by atoms with E-state index in [9.17, 15) is 14.7 Å². The maximum atomic E-state index is 11.3. The lowest BCUT2D eigenvalue weighted by molar-refractivity contribution is 0.0778. The minimum Gasteiger partial charge on any atom is -0.367 e. The molecule has 68 valence electrons. The molecule has 1 atom stereocenters. The number of hydrogen-bond acceptors (Lipinski definition) is 5. The monoisotopic (exact) mass is 197 g/mol. The maximum Gasteiger partial charge on any atom is 0.215 e. The zero-order valence-electron chi connectivity index (χ0n) is 6.85. The van der Waals surface area contributed by atoms with E-state index in [1.807, 2.05) is 0 Å². The van der Waals surface area contributed by atoms with E-state index in [2.05, 4.69) is 0 Å². The summed E-state index contributed by atoms with van der Waals surface area (Å²) in [5.74, 6) is -0.332. The minimum atomic E-state index is -1.08. The molecule has 0 aliphatic carbocycles. The first-order valence-corrected chi connectivity index (χ1v) is 4.51. The number of rotatable bonds is 1. The SMILES string of the molecule is CN1c2sc(C=O)cc2C(=O)C1O. The van der Waals surface area contributed by atoms with Crippen LogP contribution >= 0.6 is 11.3 Å². The Balaban J connectivity index is 2.54. The third-order valence-electron chi connectivity index (χ3n) is 2.03. The summed E-state index contributed by atoms with van der Waals surface area (Å²) in [7, 11) is 1.62. The van der Waals surface area contributed by atoms with E-state index in [1.54, 1.807) is 7.05 Å². The molecule has 0 aromatic carbocycles. The fourth-order valence-electron chi connectivity index (χ4n) is 1.32. The van der Waals surface area contributed by atoms with Crippen LogP contribution in [-0.2, 0) is 0 Å². The van der Waals surface area contributed by atoms with Gasteiger partial charge in [-0.3, -0.25) is 9.59 Å². The van der Waals surface area contributed by atoms with Crippen molar-refractivity contribution in [2.24, 2.45) is 0 Å². The largest absolute Gasteiger partial charge is 0.367 e. The van der Waals surface area contributed by atoms with Crippen molar-refractivity contribution in [1.82, 2.24) is 0 Å². The third kappa shape index (κ3) is 1.01. The Bertz CT molecular complexity index is 385. The van der Waals surface area contributed by atoms with E-state index >= 15 is 0 Å². The van der Waals surface area contributed by atoms with Gasteiger partial charge in [0.1, 0.15) is 5.00 Å². The Morgan fingerprint density at radius 2 is 2.38 bits per heavy atom. The predicted molar refractivity (Wildman–Crippen MR) is 48.4 cm³/mol. The molecule has 2 heterocycles. The van der Waals surface area contributed by atoms with Crippen LogP contribution in [0.1, 0.15) is 20.0 Å². The first kappa shape index (κ1) is 8.40. The molecular formula is C8H7NO3S. The van der Waals surface area contributed by atoms with Gasteiger partial charge in [0.15, 0.2) is 12.5 Å². The molecule has 5 heteroatoms. The number of Topliss-reactive ketones (excluding diaryl/α,β-unsaturated/α-hetero) is 1. The number of fused-ring (bicyclic) bond motifs is 1. The number of carbonyl (C=O) groups excluding carboxylic acids is 2. The van der Waals surface area contributed by atoms with Crippen LogP contribution in [0.5, 0.6) is 0 Å². The average molecular weight is 197 g/mol. The fourth-order valence-corrected chi connectivity index (χ4v) is 2.28. The molecule has 1 aromatic rings. The summed E-state index contributed by atoms with van der Waals surface area (Å²) in [6.45, 7) is 0. The number of ketones is 1. The van der Waals surface area contributed by atoms with Gasteiger partial charge in [-0.1, -0.05) is 0 Å². The molecule has 0 fully saturated rings. The van der Waals surface area contributed by atoms with Crippen LogP contribution in [0.2, 0.25) is 0 Å². The topological polar surface area (TPSA) is 57.6 Å². The second-order valence-corrected chi connectivity index (χ2v) is 3.90. The number of likely N-dealkylation sites (N-methyl/N-ethyl adjacent to an activating group) is 1. The zero-order chi connectivity index (χ0) is 9.59. The number of nitrogens with zero attached hydrogens (tertiary/aromatic N) is 1. The Morgan fingerprint density at radius 1 is 1.69 bits per heavy atom. The molecular weight excluding hydrogens is 190 g/mol. The summed E-state index contributed by atoms with van der Waals surface area (Å²) >= 11 is 1.21. The molecule has 0 bridgehead atoms. The standard InChI is InChI=1S/C8H7NO3S/c1-9-7(12)6(11)5-2-4(3-10)13-8(5)9/h2-3,7,12H,1H3. The number of carbonyl (C=O) groups is 2. The fraction of sp³-hybridized carbons (Fsp3) is 0.250.